The van der Waals surface area contributed by atoms with E-state index < -0.39 is 10.0 Å². The van der Waals surface area contributed by atoms with Gasteiger partial charge in [-0.1, -0.05) is 24.4 Å². The maximum absolute atomic E-state index is 12.2. The molecule has 2 aliphatic rings. The summed E-state index contributed by atoms with van der Waals surface area (Å²) in [5, 5.41) is 3.26. The van der Waals surface area contributed by atoms with Crippen LogP contribution in [0.25, 0.3) is 0 Å². The highest BCUT2D eigenvalue weighted by Gasteiger charge is 2.29. The van der Waals surface area contributed by atoms with Crippen molar-refractivity contribution in [3.05, 3.63) is 23.2 Å². The minimum atomic E-state index is -3.24. The number of nitrogens with one attached hydrogen (secondary N) is 1. The van der Waals surface area contributed by atoms with Gasteiger partial charge in [-0.2, -0.15) is 0 Å². The fourth-order valence-corrected chi connectivity index (χ4v) is 5.09. The molecule has 0 radical (unpaired) electrons. The highest BCUT2D eigenvalue weighted by atomic mass is 35.5. The van der Waals surface area contributed by atoms with Gasteiger partial charge in [0.2, 0.25) is 15.9 Å². The van der Waals surface area contributed by atoms with Crippen molar-refractivity contribution in [3.63, 3.8) is 0 Å². The predicted octanol–water partition coefficient (Wildman–Crippen LogP) is 3.40. The number of carbonyl (C=O) groups excluding carboxylic acids is 1. The smallest absolute Gasteiger partial charge is 0.235 e. The average molecular weight is 357 g/mol. The Kier molecular flexibility index (Phi) is 4.82. The van der Waals surface area contributed by atoms with Gasteiger partial charge in [-0.25, -0.2) is 8.42 Å². The highest BCUT2D eigenvalue weighted by Crippen LogP contribution is 2.32. The molecule has 2 fully saturated rings. The van der Waals surface area contributed by atoms with Gasteiger partial charge in [0.1, 0.15) is 0 Å². The lowest BCUT2D eigenvalue weighted by Gasteiger charge is -2.19. The molecule has 0 atom stereocenters. The van der Waals surface area contributed by atoms with E-state index in [1.165, 1.54) is 17.1 Å². The second-order valence-electron chi connectivity index (χ2n) is 6.31. The van der Waals surface area contributed by atoms with Crippen LogP contribution in [-0.2, 0) is 14.8 Å². The molecule has 1 aromatic carbocycles. The monoisotopic (exact) mass is 356 g/mol. The van der Waals surface area contributed by atoms with Gasteiger partial charge in [-0.3, -0.25) is 9.10 Å². The summed E-state index contributed by atoms with van der Waals surface area (Å²) in [6.45, 7) is 0.472. The van der Waals surface area contributed by atoms with E-state index in [2.05, 4.69) is 5.32 Å². The van der Waals surface area contributed by atoms with Crippen molar-refractivity contribution in [1.82, 2.24) is 0 Å². The van der Waals surface area contributed by atoms with E-state index in [0.717, 1.165) is 12.8 Å². The number of carbonyl (C=O) groups is 1. The summed E-state index contributed by atoms with van der Waals surface area (Å²) in [7, 11) is -3.24. The normalized spacial score (nSPS) is 20.8. The van der Waals surface area contributed by atoms with E-state index in [9.17, 15) is 13.2 Å². The number of benzene rings is 1. The number of hydrogen-bond donors (Lipinski definition) is 1. The quantitative estimate of drug-likeness (QED) is 0.899. The standard InChI is InChI=1S/C16H21ClN2O3S/c17-14-7-6-13(19-8-3-9-23(19,21)22)11-15(14)18-16(20)10-12-4-1-2-5-12/h6-7,11-12H,1-5,8-10H2,(H,18,20). The lowest BCUT2D eigenvalue weighted by atomic mass is 10.0. The minimum Gasteiger partial charge on any atom is -0.325 e. The van der Waals surface area contributed by atoms with Crippen LogP contribution in [0.15, 0.2) is 18.2 Å². The molecule has 5 nitrogen and oxygen atoms in total. The van der Waals surface area contributed by atoms with Crippen molar-refractivity contribution >= 4 is 38.9 Å². The van der Waals surface area contributed by atoms with Crippen molar-refractivity contribution < 1.29 is 13.2 Å². The van der Waals surface area contributed by atoms with Crippen LogP contribution in [0.1, 0.15) is 38.5 Å². The molecule has 0 spiro atoms. The minimum absolute atomic E-state index is 0.0553. The summed E-state index contributed by atoms with van der Waals surface area (Å²) < 4.78 is 25.4. The first-order chi connectivity index (χ1) is 11.0. The molecule has 0 bridgehead atoms. The number of nitrogens with zero attached hydrogens (tertiary/aromatic N) is 1. The van der Waals surface area contributed by atoms with E-state index in [1.807, 2.05) is 0 Å². The SMILES string of the molecule is O=C(CC1CCCC1)Nc1cc(N2CCCS2(=O)=O)ccc1Cl. The zero-order valence-electron chi connectivity index (χ0n) is 12.9. The van der Waals surface area contributed by atoms with Crippen LogP contribution in [0.3, 0.4) is 0 Å². The van der Waals surface area contributed by atoms with Gasteiger partial charge in [0.15, 0.2) is 0 Å². The van der Waals surface area contributed by atoms with Crippen molar-refractivity contribution in [1.29, 1.82) is 0 Å². The van der Waals surface area contributed by atoms with Crippen LogP contribution in [-0.4, -0.2) is 26.6 Å². The summed E-state index contributed by atoms with van der Waals surface area (Å²) in [6.07, 6.45) is 5.72. The van der Waals surface area contributed by atoms with Gasteiger partial charge >= 0.3 is 0 Å². The maximum Gasteiger partial charge on any atom is 0.235 e. The molecule has 1 saturated heterocycles. The molecule has 1 aliphatic carbocycles. The Balaban J connectivity index is 1.74. The Labute approximate surface area is 142 Å². The Hall–Kier alpha value is -1.27. The van der Waals surface area contributed by atoms with Crippen LogP contribution < -0.4 is 9.62 Å². The van der Waals surface area contributed by atoms with E-state index in [-0.39, 0.29) is 11.7 Å². The summed E-state index contributed by atoms with van der Waals surface area (Å²) in [5.41, 5.74) is 1.04. The fourth-order valence-electron chi connectivity index (χ4n) is 3.37. The van der Waals surface area contributed by atoms with Gasteiger partial charge < -0.3 is 5.32 Å². The lowest BCUT2D eigenvalue weighted by Crippen LogP contribution is -2.25. The topological polar surface area (TPSA) is 66.5 Å². The van der Waals surface area contributed by atoms with E-state index in [4.69, 9.17) is 11.6 Å². The summed E-state index contributed by atoms with van der Waals surface area (Å²) in [4.78, 5) is 12.2. The predicted molar refractivity (Wildman–Crippen MR) is 92.4 cm³/mol. The highest BCUT2D eigenvalue weighted by molar-refractivity contribution is 7.93. The molecule has 126 valence electrons. The summed E-state index contributed by atoms with van der Waals surface area (Å²) in [5.74, 6) is 0.565. The molecule has 23 heavy (non-hydrogen) atoms. The van der Waals surface area contributed by atoms with Gasteiger partial charge in [-0.05, 0) is 43.4 Å². The third-order valence-electron chi connectivity index (χ3n) is 4.56. The molecule has 1 saturated carbocycles. The molecule has 0 unspecified atom stereocenters. The van der Waals surface area contributed by atoms with Crippen LogP contribution >= 0.6 is 11.6 Å². The molecular weight excluding hydrogens is 336 g/mol. The number of anilines is 2. The molecule has 1 aliphatic heterocycles. The van der Waals surface area contributed by atoms with Gasteiger partial charge in [0.25, 0.3) is 0 Å². The third-order valence-corrected chi connectivity index (χ3v) is 6.76. The lowest BCUT2D eigenvalue weighted by molar-refractivity contribution is -0.117. The Morgan fingerprint density at radius 3 is 2.65 bits per heavy atom. The van der Waals surface area contributed by atoms with Crippen LogP contribution in [0, 0.1) is 5.92 Å². The average Bonchev–Trinajstić information content (AvgIpc) is 3.10. The Morgan fingerprint density at radius 1 is 1.26 bits per heavy atom. The van der Waals surface area contributed by atoms with Crippen LogP contribution in [0.2, 0.25) is 5.02 Å². The molecular formula is C16H21ClN2O3S. The van der Waals surface area contributed by atoms with Crippen LogP contribution in [0.5, 0.6) is 0 Å². The number of halogens is 1. The number of rotatable bonds is 4. The van der Waals surface area contributed by atoms with Crippen molar-refractivity contribution in [3.8, 4) is 0 Å². The second kappa shape index (κ2) is 6.69. The maximum atomic E-state index is 12.2. The molecule has 7 heteroatoms. The fraction of sp³-hybridized carbons (Fsp3) is 0.562. The number of sulfonamides is 1. The van der Waals surface area contributed by atoms with Crippen molar-refractivity contribution in [2.45, 2.75) is 38.5 Å². The molecule has 1 heterocycles. The zero-order valence-corrected chi connectivity index (χ0v) is 14.5. The first-order valence-electron chi connectivity index (χ1n) is 8.05. The largest absolute Gasteiger partial charge is 0.325 e. The third kappa shape index (κ3) is 3.80. The van der Waals surface area contributed by atoms with E-state index >= 15 is 0 Å². The number of hydrogen-bond acceptors (Lipinski definition) is 3. The Morgan fingerprint density at radius 2 is 2.00 bits per heavy atom. The van der Waals surface area contributed by atoms with Crippen molar-refractivity contribution in [2.75, 3.05) is 21.9 Å². The molecule has 0 aromatic heterocycles. The molecule has 1 aromatic rings. The summed E-state index contributed by atoms with van der Waals surface area (Å²) in [6, 6.07) is 4.96. The molecule has 1 N–H and O–H groups in total. The molecule has 1 amide bonds. The Bertz CT molecular complexity index is 699. The van der Waals surface area contributed by atoms with E-state index in [1.54, 1.807) is 18.2 Å². The second-order valence-corrected chi connectivity index (χ2v) is 8.73. The van der Waals surface area contributed by atoms with Crippen molar-refractivity contribution in [2.24, 2.45) is 5.92 Å². The van der Waals surface area contributed by atoms with E-state index in [0.29, 0.717) is 41.7 Å². The first kappa shape index (κ1) is 16.6. The number of amides is 1. The van der Waals surface area contributed by atoms with Gasteiger partial charge in [-0.15, -0.1) is 0 Å². The summed E-state index contributed by atoms with van der Waals surface area (Å²) >= 11 is 6.15. The van der Waals surface area contributed by atoms with Crippen LogP contribution in [0.4, 0.5) is 11.4 Å². The molecule has 3 rings (SSSR count). The van der Waals surface area contributed by atoms with Gasteiger partial charge in [0.05, 0.1) is 22.2 Å². The van der Waals surface area contributed by atoms with Gasteiger partial charge in [0, 0.05) is 13.0 Å². The first-order valence-corrected chi connectivity index (χ1v) is 10.0. The zero-order chi connectivity index (χ0) is 16.4.